The highest BCUT2D eigenvalue weighted by molar-refractivity contribution is 7.08. The van der Waals surface area contributed by atoms with Crippen molar-refractivity contribution in [1.29, 1.82) is 0 Å². The molecule has 0 saturated carbocycles. The summed E-state index contributed by atoms with van der Waals surface area (Å²) in [6.07, 6.45) is 1.09. The van der Waals surface area contributed by atoms with Gasteiger partial charge in [-0.15, -0.1) is 10.2 Å². The lowest BCUT2D eigenvalue weighted by atomic mass is 10.2. The number of aromatic nitrogens is 2. The first kappa shape index (κ1) is 12.3. The van der Waals surface area contributed by atoms with Gasteiger partial charge >= 0.3 is 0 Å². The fourth-order valence-corrected chi connectivity index (χ4v) is 2.37. The van der Waals surface area contributed by atoms with Gasteiger partial charge in [-0.3, -0.25) is 0 Å². The standard InChI is InChI=1S/C12H17N3OS/c1-4-5-13-9(3)11-14-15-12(16-11)10-7-17-6-8(10)2/h6-7,9,13H,4-5H2,1-3H3. The molecular weight excluding hydrogens is 234 g/mol. The average Bonchev–Trinajstić information content (AvgIpc) is 2.93. The lowest BCUT2D eigenvalue weighted by molar-refractivity contribution is 0.423. The lowest BCUT2D eigenvalue weighted by Crippen LogP contribution is -2.19. The van der Waals surface area contributed by atoms with Crippen molar-refractivity contribution in [2.24, 2.45) is 0 Å². The van der Waals surface area contributed by atoms with Crippen molar-refractivity contribution in [3.63, 3.8) is 0 Å². The molecule has 17 heavy (non-hydrogen) atoms. The minimum Gasteiger partial charge on any atom is -0.419 e. The quantitative estimate of drug-likeness (QED) is 0.886. The third-order valence-corrected chi connectivity index (χ3v) is 3.46. The molecule has 0 fully saturated rings. The van der Waals surface area contributed by atoms with Crippen molar-refractivity contribution < 1.29 is 4.42 Å². The number of aryl methyl sites for hydroxylation is 1. The largest absolute Gasteiger partial charge is 0.419 e. The Morgan fingerprint density at radius 3 is 2.88 bits per heavy atom. The van der Waals surface area contributed by atoms with Crippen LogP contribution in [0.1, 0.15) is 37.8 Å². The maximum Gasteiger partial charge on any atom is 0.248 e. The molecule has 92 valence electrons. The number of nitrogens with zero attached hydrogens (tertiary/aromatic N) is 2. The van der Waals surface area contributed by atoms with Gasteiger partial charge in [0.1, 0.15) is 0 Å². The van der Waals surface area contributed by atoms with Gasteiger partial charge in [0, 0.05) is 5.38 Å². The molecule has 2 heterocycles. The van der Waals surface area contributed by atoms with Crippen LogP contribution in [0.25, 0.3) is 11.5 Å². The minimum absolute atomic E-state index is 0.107. The first-order valence-corrected chi connectivity index (χ1v) is 6.76. The van der Waals surface area contributed by atoms with Gasteiger partial charge < -0.3 is 9.73 Å². The summed E-state index contributed by atoms with van der Waals surface area (Å²) in [5, 5.41) is 15.6. The van der Waals surface area contributed by atoms with Gasteiger partial charge in [0.15, 0.2) is 0 Å². The summed E-state index contributed by atoms with van der Waals surface area (Å²) in [4.78, 5) is 0. The van der Waals surface area contributed by atoms with E-state index in [9.17, 15) is 0 Å². The number of thiophene rings is 1. The van der Waals surface area contributed by atoms with Crippen molar-refractivity contribution in [3.05, 3.63) is 22.2 Å². The average molecular weight is 251 g/mol. The Labute approximate surface area is 105 Å². The van der Waals surface area contributed by atoms with Crippen LogP contribution >= 0.6 is 11.3 Å². The molecule has 1 N–H and O–H groups in total. The zero-order valence-electron chi connectivity index (χ0n) is 10.4. The Hall–Kier alpha value is -1.20. The van der Waals surface area contributed by atoms with E-state index in [0.29, 0.717) is 11.8 Å². The Morgan fingerprint density at radius 2 is 2.24 bits per heavy atom. The first-order chi connectivity index (χ1) is 8.22. The molecule has 1 unspecified atom stereocenters. The smallest absolute Gasteiger partial charge is 0.248 e. The van der Waals surface area contributed by atoms with Gasteiger partial charge in [0.2, 0.25) is 11.8 Å². The highest BCUT2D eigenvalue weighted by atomic mass is 32.1. The molecule has 5 heteroatoms. The van der Waals surface area contributed by atoms with Crippen LogP contribution in [-0.4, -0.2) is 16.7 Å². The van der Waals surface area contributed by atoms with Crippen LogP contribution < -0.4 is 5.32 Å². The zero-order valence-corrected chi connectivity index (χ0v) is 11.2. The third-order valence-electron chi connectivity index (χ3n) is 2.60. The summed E-state index contributed by atoms with van der Waals surface area (Å²) in [6.45, 7) is 7.17. The van der Waals surface area contributed by atoms with Gasteiger partial charge in [0.05, 0.1) is 11.6 Å². The molecule has 4 nitrogen and oxygen atoms in total. The Bertz CT molecular complexity index is 478. The van der Waals surface area contributed by atoms with Crippen LogP contribution in [0.5, 0.6) is 0 Å². The monoisotopic (exact) mass is 251 g/mol. The maximum absolute atomic E-state index is 5.69. The molecule has 0 aliphatic carbocycles. The van der Waals surface area contributed by atoms with Crippen molar-refractivity contribution in [1.82, 2.24) is 15.5 Å². The second kappa shape index (κ2) is 5.42. The van der Waals surface area contributed by atoms with Crippen LogP contribution in [0.4, 0.5) is 0 Å². The van der Waals surface area contributed by atoms with Gasteiger partial charge in [-0.25, -0.2) is 0 Å². The molecule has 2 aromatic rings. The van der Waals surface area contributed by atoms with Crippen molar-refractivity contribution >= 4 is 11.3 Å². The minimum atomic E-state index is 0.107. The van der Waals surface area contributed by atoms with Crippen LogP contribution in [0, 0.1) is 6.92 Å². The van der Waals surface area contributed by atoms with E-state index in [1.54, 1.807) is 11.3 Å². The molecule has 0 aliphatic heterocycles. The predicted octanol–water partition coefficient (Wildman–Crippen LogP) is 3.17. The molecule has 1 atom stereocenters. The SMILES string of the molecule is CCCNC(C)c1nnc(-c2cscc2C)o1. The molecule has 2 rings (SSSR count). The Balaban J connectivity index is 2.13. The molecule has 2 aromatic heterocycles. The Morgan fingerprint density at radius 1 is 1.41 bits per heavy atom. The molecule has 0 amide bonds. The van der Waals surface area contributed by atoms with E-state index in [1.807, 2.05) is 12.3 Å². The van der Waals surface area contributed by atoms with Gasteiger partial charge in [0.25, 0.3) is 0 Å². The van der Waals surface area contributed by atoms with E-state index in [4.69, 9.17) is 4.42 Å². The van der Waals surface area contributed by atoms with E-state index in [0.717, 1.165) is 18.5 Å². The van der Waals surface area contributed by atoms with Crippen LogP contribution in [0.2, 0.25) is 0 Å². The summed E-state index contributed by atoms with van der Waals surface area (Å²) in [7, 11) is 0. The van der Waals surface area contributed by atoms with Crippen molar-refractivity contribution in [2.45, 2.75) is 33.2 Å². The predicted molar refractivity (Wildman–Crippen MR) is 69.1 cm³/mol. The van der Waals surface area contributed by atoms with Crippen LogP contribution in [0.15, 0.2) is 15.2 Å². The molecular formula is C12H17N3OS. The van der Waals surface area contributed by atoms with Gasteiger partial charge in [-0.2, -0.15) is 11.3 Å². The molecule has 0 aliphatic rings. The van der Waals surface area contributed by atoms with E-state index in [2.05, 4.69) is 34.7 Å². The lowest BCUT2D eigenvalue weighted by Gasteiger charge is -2.07. The van der Waals surface area contributed by atoms with E-state index >= 15 is 0 Å². The van der Waals surface area contributed by atoms with E-state index < -0.39 is 0 Å². The van der Waals surface area contributed by atoms with E-state index in [-0.39, 0.29) is 6.04 Å². The summed E-state index contributed by atoms with van der Waals surface area (Å²) in [5.74, 6) is 1.27. The summed E-state index contributed by atoms with van der Waals surface area (Å²) in [5.41, 5.74) is 2.22. The van der Waals surface area contributed by atoms with Gasteiger partial charge in [-0.1, -0.05) is 6.92 Å². The normalized spacial score (nSPS) is 12.9. The summed E-state index contributed by atoms with van der Waals surface area (Å²) in [6, 6.07) is 0.107. The Kier molecular flexibility index (Phi) is 3.91. The second-order valence-electron chi connectivity index (χ2n) is 4.09. The highest BCUT2D eigenvalue weighted by Crippen LogP contribution is 2.26. The van der Waals surface area contributed by atoms with Crippen molar-refractivity contribution in [3.8, 4) is 11.5 Å². The summed E-state index contributed by atoms with van der Waals surface area (Å²) < 4.78 is 5.69. The number of rotatable bonds is 5. The number of hydrogen-bond donors (Lipinski definition) is 1. The molecule has 0 spiro atoms. The first-order valence-electron chi connectivity index (χ1n) is 5.82. The maximum atomic E-state index is 5.69. The van der Waals surface area contributed by atoms with Gasteiger partial charge in [-0.05, 0) is 37.8 Å². The van der Waals surface area contributed by atoms with E-state index in [1.165, 1.54) is 5.56 Å². The topological polar surface area (TPSA) is 51.0 Å². The zero-order chi connectivity index (χ0) is 12.3. The highest BCUT2D eigenvalue weighted by Gasteiger charge is 2.15. The third kappa shape index (κ3) is 2.73. The molecule has 0 bridgehead atoms. The number of nitrogens with one attached hydrogen (secondary N) is 1. The van der Waals surface area contributed by atoms with Crippen molar-refractivity contribution in [2.75, 3.05) is 6.54 Å². The fraction of sp³-hybridized carbons (Fsp3) is 0.500. The molecule has 0 aromatic carbocycles. The van der Waals surface area contributed by atoms with Crippen LogP contribution in [0.3, 0.4) is 0 Å². The van der Waals surface area contributed by atoms with Crippen LogP contribution in [-0.2, 0) is 0 Å². The fourth-order valence-electron chi connectivity index (χ4n) is 1.55. The second-order valence-corrected chi connectivity index (χ2v) is 4.83. The number of hydrogen-bond acceptors (Lipinski definition) is 5. The summed E-state index contributed by atoms with van der Waals surface area (Å²) >= 11 is 1.65. The molecule has 0 saturated heterocycles. The molecule has 0 radical (unpaired) electrons.